The van der Waals surface area contributed by atoms with Crippen LogP contribution < -0.4 is 9.47 Å². The largest absolute Gasteiger partial charge is 0.496 e. The van der Waals surface area contributed by atoms with Crippen LogP contribution in [0.15, 0.2) is 40.9 Å². The quantitative estimate of drug-likeness (QED) is 0.788. The molecule has 0 aromatic heterocycles. The number of benzene rings is 2. The number of nitrogens with zero attached hydrogens (tertiary/aromatic N) is 1. The topological polar surface area (TPSA) is 38.8 Å². The van der Waals surface area contributed by atoms with Crippen molar-refractivity contribution in [2.24, 2.45) is 0 Å². The molecule has 2 aromatic rings. The third kappa shape index (κ3) is 4.01. The van der Waals surface area contributed by atoms with Crippen LogP contribution in [0, 0.1) is 5.82 Å². The maximum atomic E-state index is 13.7. The van der Waals surface area contributed by atoms with Crippen molar-refractivity contribution in [1.82, 2.24) is 4.90 Å². The van der Waals surface area contributed by atoms with Crippen LogP contribution in [0.1, 0.15) is 15.9 Å². The number of hydrogen-bond donors (Lipinski definition) is 0. The first kappa shape index (κ1) is 17.3. The molecule has 1 amide bonds. The highest BCUT2D eigenvalue weighted by Gasteiger charge is 2.15. The molecular weight excluding hydrogens is 365 g/mol. The molecule has 6 heteroatoms. The second kappa shape index (κ2) is 7.46. The van der Waals surface area contributed by atoms with Gasteiger partial charge in [-0.1, -0.05) is 6.07 Å². The van der Waals surface area contributed by atoms with E-state index in [0.717, 1.165) is 0 Å². The Labute approximate surface area is 142 Å². The van der Waals surface area contributed by atoms with Gasteiger partial charge in [0, 0.05) is 19.2 Å². The highest BCUT2D eigenvalue weighted by molar-refractivity contribution is 9.10. The smallest absolute Gasteiger partial charge is 0.253 e. The SMILES string of the molecule is COc1ccc(CN(C)C(=O)c2ccc(OC)c(Br)c2)cc1F. The average molecular weight is 382 g/mol. The third-order valence-corrected chi connectivity index (χ3v) is 4.00. The molecule has 0 unspecified atom stereocenters. The van der Waals surface area contributed by atoms with Crippen molar-refractivity contribution in [3.63, 3.8) is 0 Å². The van der Waals surface area contributed by atoms with E-state index in [1.165, 1.54) is 18.1 Å². The number of hydrogen-bond acceptors (Lipinski definition) is 3. The van der Waals surface area contributed by atoms with E-state index in [9.17, 15) is 9.18 Å². The molecule has 0 aliphatic heterocycles. The summed E-state index contributed by atoms with van der Waals surface area (Å²) in [4.78, 5) is 14.0. The lowest BCUT2D eigenvalue weighted by molar-refractivity contribution is 0.0785. The average Bonchev–Trinajstić information content (AvgIpc) is 2.54. The standard InChI is InChI=1S/C17H17BrFNO3/c1-20(10-11-4-6-16(23-3)14(19)8-11)17(21)12-5-7-15(22-2)13(18)9-12/h4-9H,10H2,1-3H3. The number of ether oxygens (including phenoxy) is 2. The van der Waals surface area contributed by atoms with Crippen LogP contribution in [0.3, 0.4) is 0 Å². The summed E-state index contributed by atoms with van der Waals surface area (Å²) in [7, 11) is 4.64. The summed E-state index contributed by atoms with van der Waals surface area (Å²) >= 11 is 3.36. The minimum Gasteiger partial charge on any atom is -0.496 e. The first-order valence-corrected chi connectivity index (χ1v) is 7.67. The van der Waals surface area contributed by atoms with Crippen LogP contribution in [-0.2, 0) is 6.54 Å². The van der Waals surface area contributed by atoms with Crippen molar-refractivity contribution < 1.29 is 18.7 Å². The maximum Gasteiger partial charge on any atom is 0.253 e. The first-order valence-electron chi connectivity index (χ1n) is 6.87. The molecule has 0 spiro atoms. The van der Waals surface area contributed by atoms with E-state index < -0.39 is 5.82 Å². The number of halogens is 2. The molecule has 0 aliphatic carbocycles. The molecule has 2 aromatic carbocycles. The van der Waals surface area contributed by atoms with Gasteiger partial charge >= 0.3 is 0 Å². The molecule has 23 heavy (non-hydrogen) atoms. The van der Waals surface area contributed by atoms with E-state index in [-0.39, 0.29) is 11.7 Å². The Hall–Kier alpha value is -2.08. The second-order valence-corrected chi connectivity index (χ2v) is 5.83. The summed E-state index contributed by atoms with van der Waals surface area (Å²) in [6, 6.07) is 9.76. The van der Waals surface area contributed by atoms with Gasteiger partial charge in [-0.25, -0.2) is 4.39 Å². The molecule has 0 saturated heterocycles. The van der Waals surface area contributed by atoms with E-state index >= 15 is 0 Å². The number of carbonyl (C=O) groups excluding carboxylic acids is 1. The summed E-state index contributed by atoms with van der Waals surface area (Å²) in [5.41, 5.74) is 1.21. The Bertz CT molecular complexity index is 721. The third-order valence-electron chi connectivity index (χ3n) is 3.38. The molecule has 0 N–H and O–H groups in total. The Morgan fingerprint density at radius 2 is 1.78 bits per heavy atom. The molecule has 2 rings (SSSR count). The normalized spacial score (nSPS) is 10.3. The fourth-order valence-corrected chi connectivity index (χ4v) is 2.71. The Morgan fingerprint density at radius 1 is 1.13 bits per heavy atom. The van der Waals surface area contributed by atoms with Crippen LogP contribution in [0.5, 0.6) is 11.5 Å². The van der Waals surface area contributed by atoms with Crippen molar-refractivity contribution in [3.05, 3.63) is 57.8 Å². The van der Waals surface area contributed by atoms with Gasteiger partial charge in [0.2, 0.25) is 0 Å². The van der Waals surface area contributed by atoms with Gasteiger partial charge in [0.25, 0.3) is 5.91 Å². The molecule has 122 valence electrons. The summed E-state index contributed by atoms with van der Waals surface area (Å²) in [5.74, 6) is 0.228. The highest BCUT2D eigenvalue weighted by Crippen LogP contribution is 2.26. The van der Waals surface area contributed by atoms with E-state index in [1.807, 2.05) is 0 Å². The van der Waals surface area contributed by atoms with Gasteiger partial charge in [-0.05, 0) is 51.8 Å². The Morgan fingerprint density at radius 3 is 2.35 bits per heavy atom. The van der Waals surface area contributed by atoms with Gasteiger partial charge < -0.3 is 14.4 Å². The fourth-order valence-electron chi connectivity index (χ4n) is 2.17. The van der Waals surface area contributed by atoms with E-state index in [1.54, 1.807) is 44.5 Å². The van der Waals surface area contributed by atoms with Gasteiger partial charge in [-0.15, -0.1) is 0 Å². The predicted octanol–water partition coefficient (Wildman–Crippen LogP) is 3.88. The van der Waals surface area contributed by atoms with Gasteiger partial charge in [0.15, 0.2) is 11.6 Å². The van der Waals surface area contributed by atoms with Crippen molar-refractivity contribution in [2.45, 2.75) is 6.54 Å². The van der Waals surface area contributed by atoms with Gasteiger partial charge in [-0.2, -0.15) is 0 Å². The molecular formula is C17H17BrFNO3. The van der Waals surface area contributed by atoms with Crippen LogP contribution >= 0.6 is 15.9 Å². The zero-order valence-electron chi connectivity index (χ0n) is 13.1. The van der Waals surface area contributed by atoms with E-state index in [4.69, 9.17) is 9.47 Å². The fraction of sp³-hybridized carbons (Fsp3) is 0.235. The second-order valence-electron chi connectivity index (χ2n) is 4.98. The van der Waals surface area contributed by atoms with E-state index in [2.05, 4.69) is 15.9 Å². The molecule has 4 nitrogen and oxygen atoms in total. The van der Waals surface area contributed by atoms with Crippen molar-refractivity contribution in [1.29, 1.82) is 0 Å². The minimum absolute atomic E-state index is 0.162. The molecule has 0 saturated carbocycles. The summed E-state index contributed by atoms with van der Waals surface area (Å²) in [6.07, 6.45) is 0. The van der Waals surface area contributed by atoms with Crippen molar-refractivity contribution in [3.8, 4) is 11.5 Å². The minimum atomic E-state index is -0.446. The number of rotatable bonds is 5. The maximum absolute atomic E-state index is 13.7. The molecule has 0 radical (unpaired) electrons. The zero-order valence-corrected chi connectivity index (χ0v) is 14.7. The van der Waals surface area contributed by atoms with Crippen LogP contribution in [0.2, 0.25) is 0 Å². The van der Waals surface area contributed by atoms with Crippen LogP contribution in [0.25, 0.3) is 0 Å². The number of amides is 1. The lowest BCUT2D eigenvalue weighted by atomic mass is 10.1. The van der Waals surface area contributed by atoms with Crippen LogP contribution in [0.4, 0.5) is 4.39 Å². The zero-order chi connectivity index (χ0) is 17.0. The number of methoxy groups -OCH3 is 2. The summed E-state index contributed by atoms with van der Waals surface area (Å²) in [6.45, 7) is 0.295. The Balaban J connectivity index is 2.13. The molecule has 0 atom stereocenters. The van der Waals surface area contributed by atoms with Gasteiger partial charge in [0.1, 0.15) is 5.75 Å². The predicted molar refractivity (Wildman–Crippen MR) is 89.4 cm³/mol. The monoisotopic (exact) mass is 381 g/mol. The molecule has 0 bridgehead atoms. The first-order chi connectivity index (χ1) is 11.0. The van der Waals surface area contributed by atoms with Gasteiger partial charge in [0.05, 0.1) is 18.7 Å². The lowest BCUT2D eigenvalue weighted by Crippen LogP contribution is -2.26. The summed E-state index contributed by atoms with van der Waals surface area (Å²) in [5, 5.41) is 0. The lowest BCUT2D eigenvalue weighted by Gasteiger charge is -2.18. The number of carbonyl (C=O) groups is 1. The van der Waals surface area contributed by atoms with Crippen LogP contribution in [-0.4, -0.2) is 32.1 Å². The van der Waals surface area contributed by atoms with Crippen molar-refractivity contribution >= 4 is 21.8 Å². The summed E-state index contributed by atoms with van der Waals surface area (Å²) < 4.78 is 24.4. The van der Waals surface area contributed by atoms with Crippen molar-refractivity contribution in [2.75, 3.05) is 21.3 Å². The molecule has 0 heterocycles. The Kier molecular flexibility index (Phi) is 5.60. The molecule has 0 aliphatic rings. The van der Waals surface area contributed by atoms with Gasteiger partial charge in [-0.3, -0.25) is 4.79 Å². The van der Waals surface area contributed by atoms with E-state index in [0.29, 0.717) is 27.9 Å². The molecule has 0 fully saturated rings. The highest BCUT2D eigenvalue weighted by atomic mass is 79.9.